The van der Waals surface area contributed by atoms with Gasteiger partial charge in [0.15, 0.2) is 0 Å². The number of aromatic nitrogens is 2. The number of halogens is 1. The summed E-state index contributed by atoms with van der Waals surface area (Å²) >= 11 is 2.79. The number of benzene rings is 2. The lowest BCUT2D eigenvalue weighted by Crippen LogP contribution is -2.28. The Labute approximate surface area is 184 Å². The van der Waals surface area contributed by atoms with Crippen molar-refractivity contribution in [3.8, 4) is 17.0 Å². The number of para-hydroxylation sites is 1. The molecule has 30 heavy (non-hydrogen) atoms. The maximum absolute atomic E-state index is 12.2. The minimum atomic E-state index is -3.47. The van der Waals surface area contributed by atoms with E-state index in [4.69, 9.17) is 4.74 Å². The van der Waals surface area contributed by atoms with Crippen molar-refractivity contribution in [2.45, 2.75) is 5.75 Å². The lowest BCUT2D eigenvalue weighted by Gasteiger charge is -2.11. The molecule has 10 heteroatoms. The largest absolute Gasteiger partial charge is 0.496 e. The molecule has 0 fully saturated rings. The summed E-state index contributed by atoms with van der Waals surface area (Å²) in [6, 6.07) is 16.6. The topological polar surface area (TPSA) is 102 Å². The normalized spacial score (nSPS) is 11.3. The molecule has 8 nitrogen and oxygen atoms in total. The smallest absolute Gasteiger partial charge is 0.215 e. The average Bonchev–Trinajstić information content (AvgIpc) is 2.74. The van der Waals surface area contributed by atoms with E-state index in [0.29, 0.717) is 22.8 Å². The number of anilines is 2. The summed E-state index contributed by atoms with van der Waals surface area (Å²) in [5.41, 5.74) is 2.92. The SMILES string of the molecule is COc1ccccc1-c1cc(Nc2cccc(CS(=O)(=O)NCCOBr)c2)ncn1. The molecule has 0 radical (unpaired) electrons. The molecule has 1 heterocycles. The van der Waals surface area contributed by atoms with Gasteiger partial charge in [0, 0.05) is 23.9 Å². The number of hydrogen-bond donors (Lipinski definition) is 2. The van der Waals surface area contributed by atoms with E-state index in [-0.39, 0.29) is 18.9 Å². The maximum Gasteiger partial charge on any atom is 0.215 e. The Morgan fingerprint density at radius 1 is 1.07 bits per heavy atom. The van der Waals surface area contributed by atoms with Crippen molar-refractivity contribution >= 4 is 37.8 Å². The fourth-order valence-electron chi connectivity index (χ4n) is 2.82. The van der Waals surface area contributed by atoms with Crippen molar-refractivity contribution in [1.82, 2.24) is 14.7 Å². The first kappa shape index (κ1) is 22.2. The minimum absolute atomic E-state index is 0.138. The number of ether oxygens (including phenoxy) is 1. The molecule has 0 saturated heterocycles. The van der Waals surface area contributed by atoms with Crippen LogP contribution in [0.4, 0.5) is 11.5 Å². The van der Waals surface area contributed by atoms with Gasteiger partial charge >= 0.3 is 0 Å². The van der Waals surface area contributed by atoms with Gasteiger partial charge < -0.3 is 13.9 Å². The summed E-state index contributed by atoms with van der Waals surface area (Å²) in [6.07, 6.45) is 1.47. The molecule has 0 amide bonds. The number of sulfonamides is 1. The van der Waals surface area contributed by atoms with Crippen molar-refractivity contribution in [1.29, 1.82) is 0 Å². The van der Waals surface area contributed by atoms with E-state index in [1.165, 1.54) is 6.33 Å². The lowest BCUT2D eigenvalue weighted by molar-refractivity contribution is 0.400. The average molecular weight is 493 g/mol. The van der Waals surface area contributed by atoms with Crippen LogP contribution in [0, 0.1) is 0 Å². The Morgan fingerprint density at radius 3 is 2.70 bits per heavy atom. The maximum atomic E-state index is 12.2. The van der Waals surface area contributed by atoms with Crippen LogP contribution in [-0.4, -0.2) is 38.6 Å². The molecule has 1 aromatic heterocycles. The molecule has 3 aromatic rings. The second kappa shape index (κ2) is 10.5. The van der Waals surface area contributed by atoms with Crippen LogP contribution in [0.5, 0.6) is 5.75 Å². The molecule has 0 unspecified atom stereocenters. The zero-order valence-corrected chi connectivity index (χ0v) is 18.6. The van der Waals surface area contributed by atoms with Crippen LogP contribution in [0.2, 0.25) is 0 Å². The van der Waals surface area contributed by atoms with Crippen LogP contribution in [0.25, 0.3) is 11.3 Å². The van der Waals surface area contributed by atoms with Gasteiger partial charge in [0.25, 0.3) is 0 Å². The van der Waals surface area contributed by atoms with E-state index in [0.717, 1.165) is 11.3 Å². The zero-order chi connectivity index (χ0) is 21.4. The molecule has 3 rings (SSSR count). The molecular formula is C20H21BrN4O4S. The molecule has 0 aliphatic carbocycles. The van der Waals surface area contributed by atoms with Gasteiger partial charge in [-0.15, -0.1) is 0 Å². The van der Waals surface area contributed by atoms with Gasteiger partial charge in [0.05, 0.1) is 41.4 Å². The molecule has 0 saturated carbocycles. The molecule has 0 aliphatic rings. The molecule has 0 bridgehead atoms. The van der Waals surface area contributed by atoms with Gasteiger partial charge in [0.1, 0.15) is 17.9 Å². The van der Waals surface area contributed by atoms with E-state index in [1.54, 1.807) is 25.3 Å². The Bertz CT molecular complexity index is 1100. The Morgan fingerprint density at radius 2 is 1.90 bits per heavy atom. The van der Waals surface area contributed by atoms with Crippen molar-refractivity contribution in [2.75, 3.05) is 25.6 Å². The van der Waals surface area contributed by atoms with E-state index in [2.05, 4.69) is 40.1 Å². The zero-order valence-electron chi connectivity index (χ0n) is 16.2. The highest BCUT2D eigenvalue weighted by Gasteiger charge is 2.12. The first-order valence-corrected chi connectivity index (χ1v) is 11.3. The van der Waals surface area contributed by atoms with Crippen molar-refractivity contribution < 1.29 is 17.0 Å². The molecule has 0 atom stereocenters. The summed E-state index contributed by atoms with van der Waals surface area (Å²) in [4.78, 5) is 8.59. The third-order valence-electron chi connectivity index (χ3n) is 4.11. The standard InChI is InChI=1S/C20H21BrN4O4S/c1-28-19-8-3-2-7-17(19)18-12-20(23-14-22-18)25-16-6-4-5-15(11-16)13-30(26,27)24-9-10-29-21/h2-8,11-12,14,24H,9-10,13H2,1H3,(H,22,23,25). The summed E-state index contributed by atoms with van der Waals surface area (Å²) in [7, 11) is -1.85. The first-order valence-electron chi connectivity index (χ1n) is 9.03. The van der Waals surface area contributed by atoms with E-state index < -0.39 is 10.0 Å². The molecule has 2 aromatic carbocycles. The Kier molecular flexibility index (Phi) is 7.75. The number of methoxy groups -OCH3 is 1. The number of rotatable bonds is 10. The van der Waals surface area contributed by atoms with Crippen LogP contribution < -0.4 is 14.8 Å². The third-order valence-corrected chi connectivity index (χ3v) is 5.79. The number of nitrogens with zero attached hydrogens (tertiary/aromatic N) is 2. The van der Waals surface area contributed by atoms with Crippen LogP contribution in [0.15, 0.2) is 60.9 Å². The van der Waals surface area contributed by atoms with Gasteiger partial charge in [-0.05, 0) is 29.8 Å². The highest BCUT2D eigenvalue weighted by molar-refractivity contribution is 9.06. The van der Waals surface area contributed by atoms with E-state index in [9.17, 15) is 8.42 Å². The molecule has 2 N–H and O–H groups in total. The van der Waals surface area contributed by atoms with Gasteiger partial charge in [-0.3, -0.25) is 0 Å². The highest BCUT2D eigenvalue weighted by Crippen LogP contribution is 2.29. The van der Waals surface area contributed by atoms with Gasteiger partial charge in [-0.25, -0.2) is 23.1 Å². The fourth-order valence-corrected chi connectivity index (χ4v) is 4.10. The lowest BCUT2D eigenvalue weighted by atomic mass is 10.1. The van der Waals surface area contributed by atoms with Crippen molar-refractivity contribution in [3.05, 3.63) is 66.5 Å². The van der Waals surface area contributed by atoms with E-state index >= 15 is 0 Å². The predicted octanol–water partition coefficient (Wildman–Crippen LogP) is 3.64. The number of nitrogens with one attached hydrogen (secondary N) is 2. The molecule has 158 valence electrons. The predicted molar refractivity (Wildman–Crippen MR) is 119 cm³/mol. The first-order chi connectivity index (χ1) is 14.5. The summed E-state index contributed by atoms with van der Waals surface area (Å²) < 4.78 is 36.9. The van der Waals surface area contributed by atoms with Crippen LogP contribution in [0.1, 0.15) is 5.56 Å². The van der Waals surface area contributed by atoms with Crippen molar-refractivity contribution in [3.63, 3.8) is 0 Å². The van der Waals surface area contributed by atoms with Crippen LogP contribution >= 0.6 is 16.3 Å². The monoisotopic (exact) mass is 492 g/mol. The number of hydrogen-bond acceptors (Lipinski definition) is 7. The van der Waals surface area contributed by atoms with Gasteiger partial charge in [-0.1, -0.05) is 24.3 Å². The highest BCUT2D eigenvalue weighted by atomic mass is 79.9. The van der Waals surface area contributed by atoms with Crippen molar-refractivity contribution in [2.24, 2.45) is 0 Å². The summed E-state index contributed by atoms with van der Waals surface area (Å²) in [5.74, 6) is 1.16. The Hall–Kier alpha value is -2.53. The summed E-state index contributed by atoms with van der Waals surface area (Å²) in [5, 5.41) is 3.20. The summed E-state index contributed by atoms with van der Waals surface area (Å²) in [6.45, 7) is 0.432. The molecule has 0 spiro atoms. The second-order valence-electron chi connectivity index (χ2n) is 6.28. The fraction of sp³-hybridized carbons (Fsp3) is 0.200. The van der Waals surface area contributed by atoms with Crippen LogP contribution in [0.3, 0.4) is 0 Å². The van der Waals surface area contributed by atoms with E-state index in [1.807, 2.05) is 36.4 Å². The molecular weight excluding hydrogens is 472 g/mol. The quantitative estimate of drug-likeness (QED) is 0.416. The van der Waals surface area contributed by atoms with Gasteiger partial charge in [0.2, 0.25) is 10.0 Å². The van der Waals surface area contributed by atoms with Gasteiger partial charge in [-0.2, -0.15) is 0 Å². The third kappa shape index (κ3) is 6.23. The Balaban J connectivity index is 1.75. The minimum Gasteiger partial charge on any atom is -0.496 e. The second-order valence-corrected chi connectivity index (χ2v) is 8.55. The van der Waals surface area contributed by atoms with Crippen LogP contribution in [-0.2, 0) is 19.6 Å². The molecule has 0 aliphatic heterocycles.